The Hall–Kier alpha value is -2.27. The molecule has 20 heavy (non-hydrogen) atoms. The number of hydrogen-bond acceptors (Lipinski definition) is 5. The number of esters is 1. The number of alkyl halides is 5. The number of rotatable bonds is 3. The highest BCUT2D eigenvalue weighted by Gasteiger charge is 2.64. The van der Waals surface area contributed by atoms with Crippen LogP contribution in [0, 0.1) is 10.1 Å². The number of halogens is 5. The van der Waals surface area contributed by atoms with Crippen molar-refractivity contribution in [1.29, 1.82) is 0 Å². The smallest absolute Gasteiger partial charge is 0.460 e. The van der Waals surface area contributed by atoms with Gasteiger partial charge in [0.2, 0.25) is 11.4 Å². The highest BCUT2D eigenvalue weighted by Crippen LogP contribution is 2.47. The maximum absolute atomic E-state index is 13.2. The average Bonchev–Trinajstić information content (AvgIpc) is 2.65. The molecule has 112 valence electrons. The molecule has 0 aliphatic carbocycles. The summed E-state index contributed by atoms with van der Waals surface area (Å²) >= 11 is 0. The Morgan fingerprint density at radius 3 is 2.20 bits per heavy atom. The lowest BCUT2D eigenvalue weighted by Gasteiger charge is -2.16. The molecule has 7 nitrogen and oxygen atoms in total. The molecule has 0 saturated carbocycles. The van der Waals surface area contributed by atoms with E-state index in [9.17, 15) is 36.9 Å². The van der Waals surface area contributed by atoms with E-state index in [0.29, 0.717) is 0 Å². The standard InChI is InChI=1S/C8H6F5N3O4/c1-15-4(6(17)20-2)3(16(18)19)5(14-15)7(9,10)8(11,12)13/h1-2H3. The minimum Gasteiger partial charge on any atom is -0.464 e. The van der Waals surface area contributed by atoms with E-state index in [2.05, 4.69) is 9.84 Å². The first-order valence-corrected chi connectivity index (χ1v) is 4.69. The number of carbonyl (C=O) groups excluding carboxylic acids is 1. The first kappa shape index (κ1) is 15.8. The van der Waals surface area contributed by atoms with Crippen molar-refractivity contribution in [2.75, 3.05) is 7.11 Å². The van der Waals surface area contributed by atoms with Crippen LogP contribution >= 0.6 is 0 Å². The van der Waals surface area contributed by atoms with E-state index >= 15 is 0 Å². The largest absolute Gasteiger partial charge is 0.464 e. The maximum Gasteiger partial charge on any atom is 0.460 e. The number of methoxy groups -OCH3 is 1. The van der Waals surface area contributed by atoms with Crippen molar-refractivity contribution in [3.63, 3.8) is 0 Å². The van der Waals surface area contributed by atoms with Gasteiger partial charge in [0.25, 0.3) is 0 Å². The number of aromatic nitrogens is 2. The van der Waals surface area contributed by atoms with Crippen molar-refractivity contribution < 1.29 is 36.4 Å². The third-order valence-electron chi connectivity index (χ3n) is 2.24. The highest BCUT2D eigenvalue weighted by molar-refractivity contribution is 5.92. The fraction of sp³-hybridized carbons (Fsp3) is 0.500. The molecule has 0 fully saturated rings. The quantitative estimate of drug-likeness (QED) is 0.367. The third kappa shape index (κ3) is 2.28. The van der Waals surface area contributed by atoms with Crippen LogP contribution in [0.1, 0.15) is 16.2 Å². The molecule has 0 aromatic carbocycles. The van der Waals surface area contributed by atoms with E-state index in [1.807, 2.05) is 0 Å². The molecule has 0 aliphatic rings. The van der Waals surface area contributed by atoms with Crippen molar-refractivity contribution in [2.45, 2.75) is 12.1 Å². The second kappa shape index (κ2) is 4.68. The van der Waals surface area contributed by atoms with Crippen LogP contribution in [0.2, 0.25) is 0 Å². The molecule has 0 bridgehead atoms. The van der Waals surface area contributed by atoms with Crippen LogP contribution < -0.4 is 0 Å². The van der Waals surface area contributed by atoms with Crippen LogP contribution in [-0.4, -0.2) is 34.0 Å². The number of ether oxygens (including phenoxy) is 1. The lowest BCUT2D eigenvalue weighted by molar-refractivity contribution is -0.390. The van der Waals surface area contributed by atoms with E-state index < -0.39 is 40.1 Å². The number of carbonyl (C=O) groups is 1. The van der Waals surface area contributed by atoms with E-state index in [4.69, 9.17) is 0 Å². The Morgan fingerprint density at radius 1 is 1.35 bits per heavy atom. The summed E-state index contributed by atoms with van der Waals surface area (Å²) in [7, 11) is 1.58. The number of nitro groups is 1. The lowest BCUT2D eigenvalue weighted by Crippen LogP contribution is -2.34. The fourth-order valence-corrected chi connectivity index (χ4v) is 1.36. The van der Waals surface area contributed by atoms with Gasteiger partial charge in [0, 0.05) is 7.05 Å². The van der Waals surface area contributed by atoms with Gasteiger partial charge in [-0.05, 0) is 0 Å². The molecular weight excluding hydrogens is 297 g/mol. The van der Waals surface area contributed by atoms with Crippen molar-refractivity contribution in [3.8, 4) is 0 Å². The van der Waals surface area contributed by atoms with E-state index in [1.165, 1.54) is 0 Å². The van der Waals surface area contributed by atoms with Gasteiger partial charge in [0.05, 0.1) is 12.0 Å². The van der Waals surface area contributed by atoms with Crippen molar-refractivity contribution >= 4 is 11.7 Å². The Labute approximate surface area is 107 Å². The number of aryl methyl sites for hydroxylation is 1. The number of nitrogens with zero attached hydrogens (tertiary/aromatic N) is 3. The van der Waals surface area contributed by atoms with Crippen molar-refractivity contribution in [3.05, 3.63) is 21.5 Å². The van der Waals surface area contributed by atoms with E-state index in [1.54, 1.807) is 0 Å². The molecule has 1 heterocycles. The summed E-state index contributed by atoms with van der Waals surface area (Å²) in [6, 6.07) is 0. The maximum atomic E-state index is 13.2. The zero-order chi connectivity index (χ0) is 15.9. The summed E-state index contributed by atoms with van der Waals surface area (Å²) in [6.07, 6.45) is -6.10. The Kier molecular flexibility index (Phi) is 3.70. The molecule has 0 radical (unpaired) electrons. The summed E-state index contributed by atoms with van der Waals surface area (Å²) < 4.78 is 67.4. The summed E-state index contributed by atoms with van der Waals surface area (Å²) in [5.41, 5.74) is -5.03. The summed E-state index contributed by atoms with van der Waals surface area (Å²) in [5.74, 6) is -7.05. The van der Waals surface area contributed by atoms with E-state index in [-0.39, 0.29) is 4.68 Å². The molecule has 1 aromatic heterocycles. The first-order valence-electron chi connectivity index (χ1n) is 4.69. The molecule has 1 rings (SSSR count). The molecule has 0 unspecified atom stereocenters. The molecular formula is C8H6F5N3O4. The zero-order valence-electron chi connectivity index (χ0n) is 9.86. The predicted molar refractivity (Wildman–Crippen MR) is 51.2 cm³/mol. The third-order valence-corrected chi connectivity index (χ3v) is 2.24. The van der Waals surface area contributed by atoms with Gasteiger partial charge in [-0.2, -0.15) is 27.1 Å². The summed E-state index contributed by atoms with van der Waals surface area (Å²) in [5, 5.41) is 13.4. The van der Waals surface area contributed by atoms with Crippen LogP contribution in [0.25, 0.3) is 0 Å². The topological polar surface area (TPSA) is 87.3 Å². The molecule has 0 amide bonds. The minimum absolute atomic E-state index is 0.235. The van der Waals surface area contributed by atoms with Crippen molar-refractivity contribution in [2.24, 2.45) is 7.05 Å². The molecule has 0 saturated heterocycles. The summed E-state index contributed by atoms with van der Waals surface area (Å²) in [4.78, 5) is 20.4. The highest BCUT2D eigenvalue weighted by atomic mass is 19.4. The van der Waals surface area contributed by atoms with E-state index in [0.717, 1.165) is 14.2 Å². The van der Waals surface area contributed by atoms with Crippen LogP contribution in [-0.2, 0) is 17.7 Å². The predicted octanol–water partition coefficient (Wildman–Crippen LogP) is 1.77. The van der Waals surface area contributed by atoms with Gasteiger partial charge in [-0.25, -0.2) is 4.79 Å². The first-order chi connectivity index (χ1) is 8.95. The zero-order valence-corrected chi connectivity index (χ0v) is 9.86. The second-order valence-corrected chi connectivity index (χ2v) is 3.49. The van der Waals surface area contributed by atoms with Crippen LogP contribution in [0.4, 0.5) is 27.6 Å². The molecule has 12 heteroatoms. The van der Waals surface area contributed by atoms with Gasteiger partial charge in [0.1, 0.15) is 0 Å². The average molecular weight is 303 g/mol. The fourth-order valence-electron chi connectivity index (χ4n) is 1.36. The van der Waals surface area contributed by atoms with Gasteiger partial charge >= 0.3 is 23.8 Å². The van der Waals surface area contributed by atoms with Gasteiger partial charge in [0.15, 0.2) is 0 Å². The minimum atomic E-state index is -6.10. The van der Waals surface area contributed by atoms with Gasteiger partial charge < -0.3 is 4.74 Å². The molecule has 0 spiro atoms. The summed E-state index contributed by atoms with van der Waals surface area (Å²) in [6.45, 7) is 0. The number of hydrogen-bond donors (Lipinski definition) is 0. The molecule has 1 aromatic rings. The van der Waals surface area contributed by atoms with Crippen molar-refractivity contribution in [1.82, 2.24) is 9.78 Å². The molecule has 0 aliphatic heterocycles. The normalized spacial score (nSPS) is 12.3. The Balaban J connectivity index is 3.67. The van der Waals surface area contributed by atoms with Gasteiger partial charge in [-0.3, -0.25) is 14.8 Å². The lowest BCUT2D eigenvalue weighted by atomic mass is 10.2. The van der Waals surface area contributed by atoms with Crippen LogP contribution in [0.5, 0.6) is 0 Å². The van der Waals surface area contributed by atoms with Gasteiger partial charge in [-0.15, -0.1) is 0 Å². The molecule has 0 N–H and O–H groups in total. The van der Waals surface area contributed by atoms with Crippen LogP contribution in [0.3, 0.4) is 0 Å². The van der Waals surface area contributed by atoms with Gasteiger partial charge in [-0.1, -0.05) is 0 Å². The second-order valence-electron chi connectivity index (χ2n) is 3.49. The van der Waals surface area contributed by atoms with Crippen LogP contribution in [0.15, 0.2) is 0 Å². The monoisotopic (exact) mass is 303 g/mol. The SMILES string of the molecule is COC(=O)c1c([N+](=O)[O-])c(C(F)(F)C(F)(F)F)nn1C. The molecule has 0 atom stereocenters. The Morgan fingerprint density at radius 2 is 1.85 bits per heavy atom. The Bertz CT molecular complexity index is 565.